The Hall–Kier alpha value is -1.43. The number of aliphatic hydroxyl groups is 1. The van der Waals surface area contributed by atoms with Crippen LogP contribution in [-0.2, 0) is 14.4 Å². The maximum absolute atomic E-state index is 12.9. The summed E-state index contributed by atoms with van der Waals surface area (Å²) in [6.07, 6.45) is 5.72. The summed E-state index contributed by atoms with van der Waals surface area (Å²) in [6.45, 7) is 6.38. The lowest BCUT2D eigenvalue weighted by molar-refractivity contribution is -0.167. The summed E-state index contributed by atoms with van der Waals surface area (Å²) in [7, 11) is 0. The third kappa shape index (κ3) is 4.45. The van der Waals surface area contributed by atoms with Crippen LogP contribution in [-0.4, -0.2) is 51.0 Å². The largest absolute Gasteiger partial charge is 0.480 e. The van der Waals surface area contributed by atoms with E-state index >= 15 is 0 Å². The molecule has 0 radical (unpaired) electrons. The van der Waals surface area contributed by atoms with E-state index in [0.717, 1.165) is 30.6 Å². The van der Waals surface area contributed by atoms with Gasteiger partial charge in [0.1, 0.15) is 11.6 Å². The zero-order valence-electron chi connectivity index (χ0n) is 16.2. The van der Waals surface area contributed by atoms with E-state index in [-0.39, 0.29) is 18.4 Å². The molecule has 4 atom stereocenters. The normalized spacial score (nSPS) is 32.5. The first kappa shape index (κ1) is 20.9. The van der Waals surface area contributed by atoms with Crippen LogP contribution in [0.1, 0.15) is 72.1 Å². The van der Waals surface area contributed by atoms with Gasteiger partial charge in [0.15, 0.2) is 0 Å². The summed E-state index contributed by atoms with van der Waals surface area (Å²) in [5.41, 5.74) is -1.67. The van der Waals surface area contributed by atoms with Crippen molar-refractivity contribution in [1.29, 1.82) is 0 Å². The minimum absolute atomic E-state index is 0.229. The summed E-state index contributed by atoms with van der Waals surface area (Å²) in [4.78, 5) is 38.3. The van der Waals surface area contributed by atoms with Crippen LogP contribution < -0.4 is 0 Å². The Morgan fingerprint density at radius 2 is 1.85 bits per heavy atom. The number of carboxylic acids is 1. The number of Topliss-reactive ketones (excluding diaryl/α,β-unsaturated/α-hetero) is 1. The minimum Gasteiger partial charge on any atom is -0.480 e. The van der Waals surface area contributed by atoms with Crippen LogP contribution in [0, 0.1) is 17.8 Å². The minimum atomic E-state index is -1.67. The maximum Gasteiger partial charge on any atom is 0.326 e. The molecule has 0 aromatic rings. The molecule has 2 aliphatic rings. The van der Waals surface area contributed by atoms with E-state index in [4.69, 9.17) is 0 Å². The molecule has 26 heavy (non-hydrogen) atoms. The average molecular weight is 367 g/mol. The second-order valence-corrected chi connectivity index (χ2v) is 8.62. The van der Waals surface area contributed by atoms with Crippen LogP contribution >= 0.6 is 0 Å². The van der Waals surface area contributed by atoms with Gasteiger partial charge in [0.2, 0.25) is 0 Å². The highest BCUT2D eigenvalue weighted by atomic mass is 16.4. The maximum atomic E-state index is 12.9. The Labute approximate surface area is 155 Å². The first-order chi connectivity index (χ1) is 12.2. The molecule has 1 saturated heterocycles. The third-order valence-corrected chi connectivity index (χ3v) is 6.21. The molecule has 6 heteroatoms. The molecule has 2 rings (SSSR count). The zero-order chi connectivity index (χ0) is 19.5. The van der Waals surface area contributed by atoms with Gasteiger partial charge in [-0.25, -0.2) is 4.79 Å². The van der Waals surface area contributed by atoms with Crippen LogP contribution in [0.5, 0.6) is 0 Å². The van der Waals surface area contributed by atoms with Crippen LogP contribution in [0.25, 0.3) is 0 Å². The van der Waals surface area contributed by atoms with Crippen LogP contribution in [0.4, 0.5) is 0 Å². The van der Waals surface area contributed by atoms with Gasteiger partial charge >= 0.3 is 5.97 Å². The fourth-order valence-corrected chi connectivity index (χ4v) is 4.35. The summed E-state index contributed by atoms with van der Waals surface area (Å²) in [6, 6.07) is -0.959. The SMILES string of the molecule is CC(C)CCC1CCC(C)C(O)(C(=O)C(=O)N2CCCCC2C(=O)O)C1. The number of hydrogen-bond donors (Lipinski definition) is 2. The number of hydrogen-bond acceptors (Lipinski definition) is 4. The number of amides is 1. The second-order valence-electron chi connectivity index (χ2n) is 8.62. The van der Waals surface area contributed by atoms with Gasteiger partial charge in [0, 0.05) is 6.54 Å². The highest BCUT2D eigenvalue weighted by Gasteiger charge is 2.50. The first-order valence-electron chi connectivity index (χ1n) is 9.97. The van der Waals surface area contributed by atoms with Gasteiger partial charge < -0.3 is 15.1 Å². The first-order valence-corrected chi connectivity index (χ1v) is 9.97. The summed E-state index contributed by atoms with van der Waals surface area (Å²) < 4.78 is 0. The number of likely N-dealkylation sites (tertiary alicyclic amines) is 1. The average Bonchev–Trinajstić information content (AvgIpc) is 2.61. The number of nitrogens with zero attached hydrogens (tertiary/aromatic N) is 1. The topological polar surface area (TPSA) is 94.9 Å². The van der Waals surface area contributed by atoms with Crippen molar-refractivity contribution in [3.8, 4) is 0 Å². The van der Waals surface area contributed by atoms with Crippen molar-refractivity contribution in [2.24, 2.45) is 17.8 Å². The summed E-state index contributed by atoms with van der Waals surface area (Å²) in [5, 5.41) is 20.5. The predicted molar refractivity (Wildman–Crippen MR) is 97.5 cm³/mol. The molecule has 1 heterocycles. The molecular formula is C20H33NO5. The zero-order valence-corrected chi connectivity index (χ0v) is 16.2. The van der Waals surface area contributed by atoms with E-state index in [2.05, 4.69) is 13.8 Å². The molecule has 1 amide bonds. The summed E-state index contributed by atoms with van der Waals surface area (Å²) >= 11 is 0. The standard InChI is InChI=1S/C20H33NO5/c1-13(2)7-9-15-10-8-14(3)20(26,12-15)17(22)18(23)21-11-5-4-6-16(21)19(24)25/h13-16,26H,4-12H2,1-3H3,(H,24,25). The van der Waals surface area contributed by atoms with E-state index in [1.54, 1.807) is 0 Å². The van der Waals surface area contributed by atoms with Crippen molar-refractivity contribution >= 4 is 17.7 Å². The lowest BCUT2D eigenvalue weighted by atomic mass is 9.68. The smallest absolute Gasteiger partial charge is 0.326 e. The lowest BCUT2D eigenvalue weighted by Gasteiger charge is -2.42. The quantitative estimate of drug-likeness (QED) is 0.704. The molecule has 1 saturated carbocycles. The van der Waals surface area contributed by atoms with Gasteiger partial charge in [-0.15, -0.1) is 0 Å². The fourth-order valence-electron chi connectivity index (χ4n) is 4.35. The highest BCUT2D eigenvalue weighted by Crippen LogP contribution is 2.40. The molecule has 6 nitrogen and oxygen atoms in total. The van der Waals surface area contributed by atoms with Crippen molar-refractivity contribution in [2.75, 3.05) is 6.54 Å². The fraction of sp³-hybridized carbons (Fsp3) is 0.850. The monoisotopic (exact) mass is 367 g/mol. The van der Waals surface area contributed by atoms with Gasteiger partial charge in [-0.3, -0.25) is 9.59 Å². The van der Waals surface area contributed by atoms with Gasteiger partial charge in [0.05, 0.1) is 0 Å². The number of carbonyl (C=O) groups is 3. The van der Waals surface area contributed by atoms with Crippen LogP contribution in [0.15, 0.2) is 0 Å². The van der Waals surface area contributed by atoms with Crippen LogP contribution in [0.2, 0.25) is 0 Å². The number of carbonyl (C=O) groups excluding carboxylic acids is 2. The van der Waals surface area contributed by atoms with E-state index < -0.39 is 29.3 Å². The predicted octanol–water partition coefficient (Wildman–Crippen LogP) is 2.62. The molecule has 0 spiro atoms. The molecule has 4 unspecified atom stereocenters. The van der Waals surface area contributed by atoms with Crippen molar-refractivity contribution in [1.82, 2.24) is 4.90 Å². The molecule has 1 aliphatic heterocycles. The summed E-state index contributed by atoms with van der Waals surface area (Å²) in [5.74, 6) is -2.22. The van der Waals surface area contributed by atoms with Gasteiger partial charge in [-0.1, -0.05) is 33.6 Å². The Morgan fingerprint density at radius 1 is 1.15 bits per heavy atom. The van der Waals surface area contributed by atoms with Gasteiger partial charge in [-0.05, 0) is 56.3 Å². The number of aliphatic carboxylic acids is 1. The van der Waals surface area contributed by atoms with Crippen molar-refractivity contribution in [2.45, 2.75) is 83.8 Å². The van der Waals surface area contributed by atoms with Crippen molar-refractivity contribution in [3.63, 3.8) is 0 Å². The Kier molecular flexibility index (Phi) is 6.83. The Balaban J connectivity index is 2.13. The van der Waals surface area contributed by atoms with Gasteiger partial charge in [0.25, 0.3) is 11.7 Å². The Morgan fingerprint density at radius 3 is 2.46 bits per heavy atom. The molecule has 148 valence electrons. The number of ketones is 1. The lowest BCUT2D eigenvalue weighted by Crippen LogP contribution is -2.58. The van der Waals surface area contributed by atoms with E-state index in [0.29, 0.717) is 31.6 Å². The Bertz CT molecular complexity index is 546. The molecular weight excluding hydrogens is 334 g/mol. The highest BCUT2D eigenvalue weighted by molar-refractivity contribution is 6.39. The van der Waals surface area contributed by atoms with E-state index in [9.17, 15) is 24.6 Å². The van der Waals surface area contributed by atoms with E-state index in [1.165, 1.54) is 0 Å². The molecule has 2 N–H and O–H groups in total. The van der Waals surface area contributed by atoms with Crippen molar-refractivity contribution in [3.05, 3.63) is 0 Å². The molecule has 2 fully saturated rings. The number of rotatable bonds is 6. The number of piperidine rings is 1. The molecule has 0 aromatic carbocycles. The van der Waals surface area contributed by atoms with Crippen molar-refractivity contribution < 1.29 is 24.6 Å². The number of carboxylic acid groups (broad SMARTS) is 1. The third-order valence-electron chi connectivity index (χ3n) is 6.21. The van der Waals surface area contributed by atoms with Gasteiger partial charge in [-0.2, -0.15) is 0 Å². The van der Waals surface area contributed by atoms with Crippen LogP contribution in [0.3, 0.4) is 0 Å². The molecule has 0 bridgehead atoms. The van der Waals surface area contributed by atoms with E-state index in [1.807, 2.05) is 6.92 Å². The molecule has 1 aliphatic carbocycles. The second kappa shape index (κ2) is 8.51. The molecule has 0 aromatic heterocycles.